The van der Waals surface area contributed by atoms with Crippen LogP contribution in [0, 0.1) is 0 Å². The maximum absolute atomic E-state index is 12.6. The summed E-state index contributed by atoms with van der Waals surface area (Å²) in [5.41, 5.74) is 3.61. The Bertz CT molecular complexity index is 940. The van der Waals surface area contributed by atoms with Crippen LogP contribution in [0.15, 0.2) is 48.5 Å². The quantitative estimate of drug-likeness (QED) is 0.407. The van der Waals surface area contributed by atoms with Crippen LogP contribution in [0.25, 0.3) is 0 Å². The molecule has 1 heterocycles. The van der Waals surface area contributed by atoms with E-state index >= 15 is 0 Å². The van der Waals surface area contributed by atoms with Crippen LogP contribution < -0.4 is 10.2 Å². The molecule has 1 fully saturated rings. The number of hydrogen-bond donors (Lipinski definition) is 1. The first kappa shape index (κ1) is 27.5. The summed E-state index contributed by atoms with van der Waals surface area (Å²) >= 11 is 11.8. The largest absolute Gasteiger partial charge is 0.369 e. The van der Waals surface area contributed by atoms with Gasteiger partial charge in [0, 0.05) is 81.8 Å². The first-order valence-electron chi connectivity index (χ1n) is 12.2. The number of nitrogens with one attached hydrogen (secondary N) is 1. The van der Waals surface area contributed by atoms with Crippen LogP contribution >= 0.6 is 23.2 Å². The number of benzene rings is 2. The molecule has 35 heavy (non-hydrogen) atoms. The number of carbonyl (C=O) groups excluding carboxylic acids is 2. The van der Waals surface area contributed by atoms with Gasteiger partial charge in [0.05, 0.1) is 6.42 Å². The summed E-state index contributed by atoms with van der Waals surface area (Å²) in [6.45, 7) is 6.42. The number of carbonyl (C=O) groups is 2. The predicted molar refractivity (Wildman–Crippen MR) is 146 cm³/mol. The molecular formula is C27H36Cl2N4O2. The van der Waals surface area contributed by atoms with Crippen LogP contribution in [-0.2, 0) is 22.4 Å². The van der Waals surface area contributed by atoms with Gasteiger partial charge in [-0.15, -0.1) is 23.2 Å². The monoisotopic (exact) mass is 518 g/mol. The molecule has 1 saturated heterocycles. The van der Waals surface area contributed by atoms with E-state index in [4.69, 9.17) is 23.2 Å². The maximum atomic E-state index is 12.6. The second-order valence-electron chi connectivity index (χ2n) is 9.07. The van der Waals surface area contributed by atoms with E-state index in [-0.39, 0.29) is 18.1 Å². The number of alkyl halides is 2. The summed E-state index contributed by atoms with van der Waals surface area (Å²) in [6.07, 6.45) is 1.23. The Labute approximate surface area is 219 Å². The van der Waals surface area contributed by atoms with Crippen LogP contribution in [0.1, 0.15) is 17.5 Å². The minimum atomic E-state index is -0.0883. The van der Waals surface area contributed by atoms with Crippen molar-refractivity contribution in [3.8, 4) is 0 Å². The van der Waals surface area contributed by atoms with E-state index in [0.717, 1.165) is 62.6 Å². The molecule has 2 aromatic rings. The molecule has 1 aliphatic heterocycles. The molecule has 1 N–H and O–H groups in total. The Kier molecular flexibility index (Phi) is 11.3. The van der Waals surface area contributed by atoms with Crippen molar-refractivity contribution in [1.82, 2.24) is 9.80 Å². The molecule has 3 rings (SSSR count). The molecule has 2 aromatic carbocycles. The van der Waals surface area contributed by atoms with Crippen molar-refractivity contribution in [3.63, 3.8) is 0 Å². The third-order valence-electron chi connectivity index (χ3n) is 6.29. The van der Waals surface area contributed by atoms with Crippen molar-refractivity contribution in [1.29, 1.82) is 0 Å². The molecule has 8 heteroatoms. The SMILES string of the molecule is CN1CCN(CCC(=O)Cc2cccc(NC(=O)Cc3ccc(N(CCCl)CCCl)cc3)c2)CC1. The Hall–Kier alpha value is -2.12. The third kappa shape index (κ3) is 9.45. The summed E-state index contributed by atoms with van der Waals surface area (Å²) in [6, 6.07) is 15.5. The second kappa shape index (κ2) is 14.4. The average molecular weight is 520 g/mol. The van der Waals surface area contributed by atoms with E-state index in [9.17, 15) is 9.59 Å². The van der Waals surface area contributed by atoms with E-state index < -0.39 is 0 Å². The molecule has 6 nitrogen and oxygen atoms in total. The molecule has 0 saturated carbocycles. The second-order valence-corrected chi connectivity index (χ2v) is 9.82. The topological polar surface area (TPSA) is 55.9 Å². The fraction of sp³-hybridized carbons (Fsp3) is 0.481. The van der Waals surface area contributed by atoms with Gasteiger partial charge in [-0.3, -0.25) is 9.59 Å². The van der Waals surface area contributed by atoms with Crippen molar-refractivity contribution in [2.75, 3.05) is 74.8 Å². The molecule has 0 radical (unpaired) electrons. The summed E-state index contributed by atoms with van der Waals surface area (Å²) in [7, 11) is 2.13. The van der Waals surface area contributed by atoms with Crippen molar-refractivity contribution in [2.45, 2.75) is 19.3 Å². The normalized spacial score (nSPS) is 14.6. The lowest BCUT2D eigenvalue weighted by atomic mass is 10.1. The molecular weight excluding hydrogens is 483 g/mol. The Morgan fingerprint density at radius 3 is 2.26 bits per heavy atom. The van der Waals surface area contributed by atoms with E-state index in [1.165, 1.54) is 0 Å². The zero-order chi connectivity index (χ0) is 25.0. The van der Waals surface area contributed by atoms with E-state index in [1.54, 1.807) is 0 Å². The van der Waals surface area contributed by atoms with Gasteiger partial charge in [0.2, 0.25) is 5.91 Å². The first-order valence-corrected chi connectivity index (χ1v) is 13.3. The molecule has 0 aromatic heterocycles. The number of halogens is 2. The molecule has 1 aliphatic rings. The number of likely N-dealkylation sites (N-methyl/N-ethyl adjacent to an activating group) is 1. The van der Waals surface area contributed by atoms with Gasteiger partial charge in [-0.1, -0.05) is 24.3 Å². The highest BCUT2D eigenvalue weighted by Crippen LogP contribution is 2.17. The Morgan fingerprint density at radius 1 is 0.914 bits per heavy atom. The molecule has 0 spiro atoms. The predicted octanol–water partition coefficient (Wildman–Crippen LogP) is 3.90. The number of nitrogens with zero attached hydrogens (tertiary/aromatic N) is 3. The first-order chi connectivity index (χ1) is 17.0. The van der Waals surface area contributed by atoms with Crippen LogP contribution in [-0.4, -0.2) is 86.1 Å². The highest BCUT2D eigenvalue weighted by Gasteiger charge is 2.15. The van der Waals surface area contributed by atoms with E-state index in [1.807, 2.05) is 48.5 Å². The minimum Gasteiger partial charge on any atom is -0.369 e. The Balaban J connectivity index is 1.47. The van der Waals surface area contributed by atoms with Crippen molar-refractivity contribution in [2.24, 2.45) is 0 Å². The van der Waals surface area contributed by atoms with Gasteiger partial charge < -0.3 is 20.0 Å². The van der Waals surface area contributed by atoms with Gasteiger partial charge in [-0.05, 0) is 42.4 Å². The van der Waals surface area contributed by atoms with Crippen molar-refractivity contribution in [3.05, 3.63) is 59.7 Å². The number of hydrogen-bond acceptors (Lipinski definition) is 5. The maximum Gasteiger partial charge on any atom is 0.228 e. The molecule has 0 unspecified atom stereocenters. The number of Topliss-reactive ketones (excluding diaryl/α,β-unsaturated/α-hetero) is 1. The fourth-order valence-electron chi connectivity index (χ4n) is 4.22. The molecule has 190 valence electrons. The van der Waals surface area contributed by atoms with E-state index in [0.29, 0.717) is 30.3 Å². The summed E-state index contributed by atoms with van der Waals surface area (Å²) in [5.74, 6) is 1.20. The summed E-state index contributed by atoms with van der Waals surface area (Å²) in [5, 5.41) is 2.96. The molecule has 0 atom stereocenters. The van der Waals surface area contributed by atoms with E-state index in [2.05, 4.69) is 27.1 Å². The fourth-order valence-corrected chi connectivity index (χ4v) is 4.63. The minimum absolute atomic E-state index is 0.0883. The van der Waals surface area contributed by atoms with Crippen LogP contribution in [0.5, 0.6) is 0 Å². The number of ketones is 1. The number of piperazine rings is 1. The van der Waals surface area contributed by atoms with Gasteiger partial charge in [0.25, 0.3) is 0 Å². The molecule has 1 amide bonds. The lowest BCUT2D eigenvalue weighted by Gasteiger charge is -2.32. The number of anilines is 2. The highest BCUT2D eigenvalue weighted by atomic mass is 35.5. The lowest BCUT2D eigenvalue weighted by molar-refractivity contribution is -0.119. The van der Waals surface area contributed by atoms with Gasteiger partial charge in [0.15, 0.2) is 0 Å². The van der Waals surface area contributed by atoms with Crippen LogP contribution in [0.3, 0.4) is 0 Å². The van der Waals surface area contributed by atoms with Gasteiger partial charge >= 0.3 is 0 Å². The molecule has 0 bridgehead atoms. The third-order valence-corrected chi connectivity index (χ3v) is 6.63. The van der Waals surface area contributed by atoms with Crippen molar-refractivity contribution >= 4 is 46.3 Å². The number of rotatable bonds is 13. The summed E-state index contributed by atoms with van der Waals surface area (Å²) < 4.78 is 0. The molecule has 0 aliphatic carbocycles. The zero-order valence-electron chi connectivity index (χ0n) is 20.5. The number of amides is 1. The van der Waals surface area contributed by atoms with Crippen molar-refractivity contribution < 1.29 is 9.59 Å². The lowest BCUT2D eigenvalue weighted by Crippen LogP contribution is -2.45. The van der Waals surface area contributed by atoms with Gasteiger partial charge in [0.1, 0.15) is 5.78 Å². The average Bonchev–Trinajstić information content (AvgIpc) is 2.84. The zero-order valence-corrected chi connectivity index (χ0v) is 22.0. The van der Waals surface area contributed by atoms with Crippen LogP contribution in [0.2, 0.25) is 0 Å². The smallest absolute Gasteiger partial charge is 0.228 e. The highest BCUT2D eigenvalue weighted by molar-refractivity contribution is 6.18. The standard InChI is InChI=1S/C27H36Cl2N4O2/c1-31-15-17-32(18-16-31)12-9-26(34)20-23-3-2-4-24(19-23)30-27(35)21-22-5-7-25(8-6-22)33(13-10-28)14-11-29/h2-8,19H,9-18,20-21H2,1H3,(H,30,35). The van der Waals surface area contributed by atoms with Crippen LogP contribution in [0.4, 0.5) is 11.4 Å². The Morgan fingerprint density at radius 2 is 1.60 bits per heavy atom. The van der Waals surface area contributed by atoms with Gasteiger partial charge in [-0.25, -0.2) is 0 Å². The van der Waals surface area contributed by atoms with Gasteiger partial charge in [-0.2, -0.15) is 0 Å². The summed E-state index contributed by atoms with van der Waals surface area (Å²) in [4.78, 5) is 31.9.